The highest BCUT2D eigenvalue weighted by Crippen LogP contribution is 2.18. The molecule has 1 amide bonds. The normalized spacial score (nSPS) is 23.6. The number of nitrogens with one attached hydrogen (secondary N) is 1. The van der Waals surface area contributed by atoms with Crippen LogP contribution in [-0.2, 0) is 14.8 Å². The number of amides is 1. The highest BCUT2D eigenvalue weighted by atomic mass is 32.2. The molecule has 0 unspecified atom stereocenters. The zero-order valence-electron chi connectivity index (χ0n) is 10.8. The quantitative estimate of drug-likeness (QED) is 0.731. The van der Waals surface area contributed by atoms with E-state index in [1.54, 1.807) is 0 Å². The van der Waals surface area contributed by atoms with Gasteiger partial charge >= 0.3 is 0 Å². The fraction of sp³-hybridized carbons (Fsp3) is 0.909. The van der Waals surface area contributed by atoms with Crippen LogP contribution in [0.4, 0.5) is 0 Å². The lowest BCUT2D eigenvalue weighted by molar-refractivity contribution is -0.122. The minimum Gasteiger partial charge on any atom is -0.352 e. The van der Waals surface area contributed by atoms with E-state index in [2.05, 4.69) is 5.32 Å². The topological polar surface area (TPSA) is 69.7 Å². The molecule has 1 heterocycles. The summed E-state index contributed by atoms with van der Waals surface area (Å²) in [5.74, 6) is 0.0605. The van der Waals surface area contributed by atoms with Crippen molar-refractivity contribution in [2.75, 3.05) is 39.0 Å². The Hall–Kier alpha value is -0.660. The zero-order valence-corrected chi connectivity index (χ0v) is 11.6. The summed E-state index contributed by atoms with van der Waals surface area (Å²) in [6.45, 7) is 2.83. The van der Waals surface area contributed by atoms with E-state index < -0.39 is 10.0 Å². The van der Waals surface area contributed by atoms with Gasteiger partial charge < -0.3 is 5.32 Å². The van der Waals surface area contributed by atoms with Crippen molar-refractivity contribution in [1.82, 2.24) is 14.5 Å². The first-order valence-electron chi connectivity index (χ1n) is 6.42. The van der Waals surface area contributed by atoms with Gasteiger partial charge in [0.1, 0.15) is 0 Å². The van der Waals surface area contributed by atoms with Crippen LogP contribution in [-0.4, -0.2) is 68.6 Å². The maximum absolute atomic E-state index is 11.7. The van der Waals surface area contributed by atoms with Gasteiger partial charge in [0.05, 0.1) is 12.8 Å². The van der Waals surface area contributed by atoms with Crippen LogP contribution in [0.2, 0.25) is 0 Å². The van der Waals surface area contributed by atoms with Crippen molar-refractivity contribution in [3.05, 3.63) is 0 Å². The van der Waals surface area contributed by atoms with Crippen LogP contribution in [0.5, 0.6) is 0 Å². The standard InChI is InChI=1S/C11H21N3O3S/c1-18(16,17)14-6-2-5-13(7-8-14)9-11(15)12-10-3-4-10/h10H,2-9H2,1H3,(H,12,15). The van der Waals surface area contributed by atoms with Crippen LogP contribution in [0.25, 0.3) is 0 Å². The molecule has 0 bridgehead atoms. The predicted molar refractivity (Wildman–Crippen MR) is 68.6 cm³/mol. The van der Waals surface area contributed by atoms with Crippen molar-refractivity contribution in [2.45, 2.75) is 25.3 Å². The van der Waals surface area contributed by atoms with Crippen molar-refractivity contribution in [1.29, 1.82) is 0 Å². The molecule has 0 radical (unpaired) electrons. The first-order chi connectivity index (χ1) is 8.45. The second kappa shape index (κ2) is 5.54. The molecule has 1 aliphatic carbocycles. The van der Waals surface area contributed by atoms with Crippen molar-refractivity contribution in [3.8, 4) is 0 Å². The molecule has 1 saturated heterocycles. The monoisotopic (exact) mass is 275 g/mol. The minimum atomic E-state index is -3.10. The lowest BCUT2D eigenvalue weighted by atomic mass is 10.4. The number of sulfonamides is 1. The van der Waals surface area contributed by atoms with Crippen LogP contribution in [0, 0.1) is 0 Å². The van der Waals surface area contributed by atoms with Crippen molar-refractivity contribution < 1.29 is 13.2 Å². The van der Waals surface area contributed by atoms with Gasteiger partial charge in [0.25, 0.3) is 0 Å². The smallest absolute Gasteiger partial charge is 0.234 e. The molecule has 6 nitrogen and oxygen atoms in total. The average molecular weight is 275 g/mol. The third-order valence-corrected chi connectivity index (χ3v) is 4.63. The first kappa shape index (κ1) is 13.8. The summed E-state index contributed by atoms with van der Waals surface area (Å²) >= 11 is 0. The Bertz CT molecular complexity index is 406. The Morgan fingerprint density at radius 2 is 1.94 bits per heavy atom. The number of carbonyl (C=O) groups is 1. The Balaban J connectivity index is 1.79. The zero-order chi connectivity index (χ0) is 13.2. The summed E-state index contributed by atoms with van der Waals surface area (Å²) in [5.41, 5.74) is 0. The van der Waals surface area contributed by atoms with Crippen molar-refractivity contribution in [3.63, 3.8) is 0 Å². The van der Waals surface area contributed by atoms with Crippen LogP contribution >= 0.6 is 0 Å². The van der Waals surface area contributed by atoms with Gasteiger partial charge in [-0.1, -0.05) is 0 Å². The second-order valence-electron chi connectivity index (χ2n) is 5.13. The summed E-state index contributed by atoms with van der Waals surface area (Å²) in [6.07, 6.45) is 4.20. The minimum absolute atomic E-state index is 0.0605. The second-order valence-corrected chi connectivity index (χ2v) is 7.12. The van der Waals surface area contributed by atoms with Gasteiger partial charge in [0.15, 0.2) is 0 Å². The van der Waals surface area contributed by atoms with Gasteiger partial charge in [-0.05, 0) is 25.8 Å². The summed E-state index contributed by atoms with van der Waals surface area (Å²) in [7, 11) is -3.10. The maximum atomic E-state index is 11.7. The fourth-order valence-corrected chi connectivity index (χ4v) is 3.02. The molecule has 0 atom stereocenters. The molecule has 2 rings (SSSR count). The Morgan fingerprint density at radius 1 is 1.22 bits per heavy atom. The maximum Gasteiger partial charge on any atom is 0.234 e. The summed E-state index contributed by atoms with van der Waals surface area (Å²) < 4.78 is 24.4. The average Bonchev–Trinajstić information content (AvgIpc) is 3.03. The van der Waals surface area contributed by atoms with Gasteiger partial charge in [-0.15, -0.1) is 0 Å². The van der Waals surface area contributed by atoms with Gasteiger partial charge in [-0.2, -0.15) is 0 Å². The van der Waals surface area contributed by atoms with Crippen LogP contribution in [0.3, 0.4) is 0 Å². The molecule has 0 spiro atoms. The van der Waals surface area contributed by atoms with Crippen molar-refractivity contribution in [2.24, 2.45) is 0 Å². The summed E-state index contributed by atoms with van der Waals surface area (Å²) in [6, 6.07) is 0.386. The molecule has 1 saturated carbocycles. The number of nitrogens with zero attached hydrogens (tertiary/aromatic N) is 2. The lowest BCUT2D eigenvalue weighted by Gasteiger charge is -2.20. The molecule has 104 valence electrons. The van der Waals surface area contributed by atoms with Crippen LogP contribution < -0.4 is 5.32 Å². The molecule has 18 heavy (non-hydrogen) atoms. The lowest BCUT2D eigenvalue weighted by Crippen LogP contribution is -2.40. The number of hydrogen-bond acceptors (Lipinski definition) is 4. The molecule has 1 N–H and O–H groups in total. The van der Waals surface area contributed by atoms with Crippen molar-refractivity contribution >= 4 is 15.9 Å². The van der Waals surface area contributed by atoms with E-state index in [0.717, 1.165) is 25.8 Å². The molecule has 1 aliphatic heterocycles. The summed E-state index contributed by atoms with van der Waals surface area (Å²) in [4.78, 5) is 13.7. The van der Waals surface area contributed by atoms with E-state index >= 15 is 0 Å². The predicted octanol–water partition coefficient (Wildman–Crippen LogP) is -0.768. The fourth-order valence-electron chi connectivity index (χ4n) is 2.14. The van der Waals surface area contributed by atoms with E-state index in [0.29, 0.717) is 32.2 Å². The van der Waals surface area contributed by atoms with Gasteiger partial charge in [-0.25, -0.2) is 12.7 Å². The SMILES string of the molecule is CS(=O)(=O)N1CCCN(CC(=O)NC2CC2)CC1. The largest absolute Gasteiger partial charge is 0.352 e. The van der Waals surface area contributed by atoms with E-state index in [1.165, 1.54) is 10.6 Å². The van der Waals surface area contributed by atoms with E-state index in [-0.39, 0.29) is 5.91 Å². The molecular formula is C11H21N3O3S. The van der Waals surface area contributed by atoms with Crippen LogP contribution in [0.15, 0.2) is 0 Å². The van der Waals surface area contributed by atoms with Crippen LogP contribution in [0.1, 0.15) is 19.3 Å². The Morgan fingerprint density at radius 3 is 2.56 bits per heavy atom. The molecule has 7 heteroatoms. The molecule has 0 aromatic carbocycles. The molecule has 2 aliphatic rings. The highest BCUT2D eigenvalue weighted by Gasteiger charge is 2.25. The number of rotatable bonds is 4. The molecule has 0 aromatic heterocycles. The van der Waals surface area contributed by atoms with Gasteiger partial charge in [0, 0.05) is 25.7 Å². The third kappa shape index (κ3) is 4.22. The molecule has 0 aromatic rings. The highest BCUT2D eigenvalue weighted by molar-refractivity contribution is 7.88. The first-order valence-corrected chi connectivity index (χ1v) is 8.27. The third-order valence-electron chi connectivity index (χ3n) is 3.33. The summed E-state index contributed by atoms with van der Waals surface area (Å²) in [5, 5.41) is 2.95. The van der Waals surface area contributed by atoms with E-state index in [1.807, 2.05) is 4.90 Å². The Kier molecular flexibility index (Phi) is 4.24. The van der Waals surface area contributed by atoms with Gasteiger partial charge in [0.2, 0.25) is 15.9 Å². The Labute approximate surface area is 108 Å². The van der Waals surface area contributed by atoms with Gasteiger partial charge in [-0.3, -0.25) is 9.69 Å². The number of hydrogen-bond donors (Lipinski definition) is 1. The molecular weight excluding hydrogens is 254 g/mol. The van der Waals surface area contributed by atoms with E-state index in [9.17, 15) is 13.2 Å². The van der Waals surface area contributed by atoms with E-state index in [4.69, 9.17) is 0 Å². The number of carbonyl (C=O) groups excluding carboxylic acids is 1. The molecule has 2 fully saturated rings.